The first-order chi connectivity index (χ1) is 11.5. The number of nitrogens with one attached hydrogen (secondary N) is 1. The van der Waals surface area contributed by atoms with E-state index in [9.17, 15) is 14.0 Å². The summed E-state index contributed by atoms with van der Waals surface area (Å²) in [6.07, 6.45) is -0.949. The molecule has 1 N–H and O–H groups in total. The van der Waals surface area contributed by atoms with Crippen molar-refractivity contribution in [2.75, 3.05) is 47.5 Å². The van der Waals surface area contributed by atoms with E-state index in [1.807, 2.05) is 16.7 Å². The molecule has 130 valence electrons. The third-order valence-electron chi connectivity index (χ3n) is 4.05. The van der Waals surface area contributed by atoms with Gasteiger partial charge in [-0.25, -0.2) is 9.18 Å². The largest absolute Gasteiger partial charge is 0.442 e. The molecule has 0 spiro atoms. The van der Waals surface area contributed by atoms with Crippen LogP contribution in [0.5, 0.6) is 0 Å². The number of thioether (sulfide) groups is 1. The van der Waals surface area contributed by atoms with Gasteiger partial charge < -0.3 is 15.0 Å². The highest BCUT2D eigenvalue weighted by Crippen LogP contribution is 2.29. The Labute approximate surface area is 144 Å². The quantitative estimate of drug-likeness (QED) is 0.895. The monoisotopic (exact) mass is 353 g/mol. The lowest BCUT2D eigenvalue weighted by molar-refractivity contribution is -0.119. The van der Waals surface area contributed by atoms with Gasteiger partial charge in [0.05, 0.1) is 24.5 Å². The first kappa shape index (κ1) is 16.9. The lowest BCUT2D eigenvalue weighted by atomic mass is 10.2. The molecule has 2 aliphatic heterocycles. The third-order valence-corrected chi connectivity index (χ3v) is 4.99. The van der Waals surface area contributed by atoms with Crippen LogP contribution in [0.4, 0.5) is 20.6 Å². The second-order valence-corrected chi connectivity index (χ2v) is 7.01. The Morgan fingerprint density at radius 1 is 1.42 bits per heavy atom. The molecule has 1 atom stereocenters. The van der Waals surface area contributed by atoms with E-state index in [1.165, 1.54) is 17.9 Å². The molecule has 24 heavy (non-hydrogen) atoms. The van der Waals surface area contributed by atoms with Gasteiger partial charge in [-0.15, -0.1) is 0 Å². The zero-order chi connectivity index (χ0) is 17.1. The molecule has 2 fully saturated rings. The van der Waals surface area contributed by atoms with Gasteiger partial charge in [-0.1, -0.05) is 0 Å². The molecule has 6 nitrogen and oxygen atoms in total. The van der Waals surface area contributed by atoms with Gasteiger partial charge in [0.1, 0.15) is 11.9 Å². The van der Waals surface area contributed by atoms with E-state index < -0.39 is 12.2 Å². The summed E-state index contributed by atoms with van der Waals surface area (Å²) in [6, 6.07) is 4.83. The maximum atomic E-state index is 14.5. The summed E-state index contributed by atoms with van der Waals surface area (Å²) in [7, 11) is 0. The fourth-order valence-corrected chi connectivity index (χ4v) is 3.72. The van der Waals surface area contributed by atoms with Gasteiger partial charge in [0, 0.05) is 31.5 Å². The van der Waals surface area contributed by atoms with E-state index in [0.29, 0.717) is 11.4 Å². The average molecular weight is 353 g/mol. The van der Waals surface area contributed by atoms with Crippen LogP contribution in [-0.4, -0.2) is 55.8 Å². The predicted octanol–water partition coefficient (Wildman–Crippen LogP) is 1.84. The highest BCUT2D eigenvalue weighted by Gasteiger charge is 2.32. The Bertz CT molecular complexity index is 637. The van der Waals surface area contributed by atoms with Crippen molar-refractivity contribution >= 4 is 35.1 Å². The Balaban J connectivity index is 1.69. The molecule has 0 unspecified atom stereocenters. The SMILES string of the molecule is CC(=O)NC[C@@H]1CN(c2ccc(N3CCSCC3)c(F)c2)C(=O)O1. The Hall–Kier alpha value is -1.96. The number of cyclic esters (lactones) is 1. The third kappa shape index (κ3) is 3.75. The fraction of sp³-hybridized carbons (Fsp3) is 0.500. The van der Waals surface area contributed by atoms with Gasteiger partial charge >= 0.3 is 6.09 Å². The van der Waals surface area contributed by atoms with Crippen molar-refractivity contribution in [3.63, 3.8) is 0 Å². The van der Waals surface area contributed by atoms with Crippen molar-refractivity contribution in [2.45, 2.75) is 13.0 Å². The lowest BCUT2D eigenvalue weighted by Gasteiger charge is -2.29. The van der Waals surface area contributed by atoms with Crippen LogP contribution in [0.15, 0.2) is 18.2 Å². The summed E-state index contributed by atoms with van der Waals surface area (Å²) in [4.78, 5) is 26.3. The minimum atomic E-state index is -0.521. The van der Waals surface area contributed by atoms with Crippen molar-refractivity contribution in [3.05, 3.63) is 24.0 Å². The minimum absolute atomic E-state index is 0.181. The highest BCUT2D eigenvalue weighted by molar-refractivity contribution is 7.99. The number of carbonyl (C=O) groups excluding carboxylic acids is 2. The van der Waals surface area contributed by atoms with Crippen molar-refractivity contribution in [2.24, 2.45) is 0 Å². The minimum Gasteiger partial charge on any atom is -0.442 e. The van der Waals surface area contributed by atoms with E-state index in [4.69, 9.17) is 4.74 Å². The summed E-state index contributed by atoms with van der Waals surface area (Å²) in [5.74, 6) is 1.46. The molecule has 0 aromatic heterocycles. The summed E-state index contributed by atoms with van der Waals surface area (Å²) in [5.41, 5.74) is 1.04. The molecule has 1 aromatic rings. The van der Waals surface area contributed by atoms with Gasteiger partial charge in [0.25, 0.3) is 0 Å². The van der Waals surface area contributed by atoms with Crippen LogP contribution in [0.3, 0.4) is 0 Å². The lowest BCUT2D eigenvalue weighted by Crippen LogP contribution is -2.34. The maximum Gasteiger partial charge on any atom is 0.414 e. The topological polar surface area (TPSA) is 61.9 Å². The van der Waals surface area contributed by atoms with Crippen LogP contribution >= 0.6 is 11.8 Å². The molecule has 3 rings (SSSR count). The van der Waals surface area contributed by atoms with Crippen LogP contribution in [0.25, 0.3) is 0 Å². The summed E-state index contributed by atoms with van der Waals surface area (Å²) >= 11 is 1.87. The van der Waals surface area contributed by atoms with E-state index in [2.05, 4.69) is 5.32 Å². The number of ether oxygens (including phenoxy) is 1. The number of hydrogen-bond donors (Lipinski definition) is 1. The Morgan fingerprint density at radius 2 is 2.17 bits per heavy atom. The van der Waals surface area contributed by atoms with Gasteiger partial charge in [-0.3, -0.25) is 9.69 Å². The van der Waals surface area contributed by atoms with Gasteiger partial charge in [-0.2, -0.15) is 11.8 Å². The fourth-order valence-electron chi connectivity index (χ4n) is 2.82. The molecule has 2 aliphatic rings. The molecule has 8 heteroatoms. The summed E-state index contributed by atoms with van der Waals surface area (Å²) in [5, 5.41) is 2.62. The van der Waals surface area contributed by atoms with Gasteiger partial charge in [0.15, 0.2) is 0 Å². The first-order valence-corrected chi connectivity index (χ1v) is 9.05. The zero-order valence-corrected chi connectivity index (χ0v) is 14.3. The van der Waals surface area contributed by atoms with Crippen LogP contribution < -0.4 is 15.1 Å². The Kier molecular flexibility index (Phi) is 5.13. The Morgan fingerprint density at radius 3 is 2.83 bits per heavy atom. The van der Waals surface area contributed by atoms with Crippen LogP contribution in [0.1, 0.15) is 6.92 Å². The van der Waals surface area contributed by atoms with Crippen LogP contribution in [-0.2, 0) is 9.53 Å². The molecule has 2 saturated heterocycles. The molecule has 0 radical (unpaired) electrons. The van der Waals surface area contributed by atoms with Gasteiger partial charge in [-0.05, 0) is 18.2 Å². The first-order valence-electron chi connectivity index (χ1n) is 7.89. The molecular weight excluding hydrogens is 333 g/mol. The number of nitrogens with zero attached hydrogens (tertiary/aromatic N) is 2. The van der Waals surface area contributed by atoms with Crippen LogP contribution in [0, 0.1) is 5.82 Å². The highest BCUT2D eigenvalue weighted by atomic mass is 32.2. The molecular formula is C16H20FN3O3S. The molecule has 2 heterocycles. The maximum absolute atomic E-state index is 14.5. The summed E-state index contributed by atoms with van der Waals surface area (Å²) < 4.78 is 19.7. The number of anilines is 2. The molecule has 0 bridgehead atoms. The normalized spacial score (nSPS) is 20.9. The zero-order valence-electron chi connectivity index (χ0n) is 13.5. The predicted molar refractivity (Wildman–Crippen MR) is 92.2 cm³/mol. The van der Waals surface area contributed by atoms with E-state index >= 15 is 0 Å². The van der Waals surface area contributed by atoms with Gasteiger partial charge in [0.2, 0.25) is 5.91 Å². The number of rotatable bonds is 4. The number of carbonyl (C=O) groups is 2. The van der Waals surface area contributed by atoms with Crippen molar-refractivity contribution < 1.29 is 18.7 Å². The number of amides is 2. The number of hydrogen-bond acceptors (Lipinski definition) is 5. The second-order valence-electron chi connectivity index (χ2n) is 5.79. The standard InChI is InChI=1S/C16H20FN3O3S/c1-11(21)18-9-13-10-20(16(22)23-13)12-2-3-15(14(17)8-12)19-4-6-24-7-5-19/h2-3,8,13H,4-7,9-10H2,1H3,(H,18,21)/t13-/m1/s1. The molecule has 0 aliphatic carbocycles. The van der Waals surface area contributed by atoms with Crippen molar-refractivity contribution in [3.8, 4) is 0 Å². The number of benzene rings is 1. The summed E-state index contributed by atoms with van der Waals surface area (Å²) in [6.45, 7) is 3.60. The van der Waals surface area contributed by atoms with Crippen LogP contribution in [0.2, 0.25) is 0 Å². The van der Waals surface area contributed by atoms with E-state index in [1.54, 1.807) is 12.1 Å². The second kappa shape index (κ2) is 7.29. The average Bonchev–Trinajstić information content (AvgIpc) is 2.94. The molecule has 1 aromatic carbocycles. The van der Waals surface area contributed by atoms with Crippen molar-refractivity contribution in [1.29, 1.82) is 0 Å². The molecule has 2 amide bonds. The van der Waals surface area contributed by atoms with E-state index in [0.717, 1.165) is 24.6 Å². The smallest absolute Gasteiger partial charge is 0.414 e. The van der Waals surface area contributed by atoms with Crippen molar-refractivity contribution in [1.82, 2.24) is 5.32 Å². The van der Waals surface area contributed by atoms with E-state index in [-0.39, 0.29) is 24.8 Å². The molecule has 0 saturated carbocycles. The number of halogens is 1.